The second-order valence-electron chi connectivity index (χ2n) is 6.17. The number of likely N-dealkylation sites (tertiary alicyclic amines) is 1. The van der Waals surface area contributed by atoms with Crippen LogP contribution in [0.2, 0.25) is 0 Å². The SMILES string of the molecule is COc1ccc(C#CCN)c(CN2CC(C)CC(C)C2)c1. The third-order valence-corrected chi connectivity index (χ3v) is 3.98. The summed E-state index contributed by atoms with van der Waals surface area (Å²) in [4.78, 5) is 2.53. The van der Waals surface area contributed by atoms with Crippen LogP contribution < -0.4 is 10.5 Å². The molecule has 1 aliphatic heterocycles. The largest absolute Gasteiger partial charge is 0.497 e. The molecule has 0 saturated carbocycles. The van der Waals surface area contributed by atoms with Crippen LogP contribution in [0.15, 0.2) is 18.2 Å². The zero-order valence-corrected chi connectivity index (χ0v) is 13.4. The van der Waals surface area contributed by atoms with Crippen molar-refractivity contribution in [2.24, 2.45) is 17.6 Å². The Kier molecular flexibility index (Phi) is 5.67. The van der Waals surface area contributed by atoms with Crippen molar-refractivity contribution in [2.75, 3.05) is 26.7 Å². The van der Waals surface area contributed by atoms with E-state index in [0.717, 1.165) is 42.8 Å². The average Bonchev–Trinajstić information content (AvgIpc) is 2.44. The number of methoxy groups -OCH3 is 1. The molecule has 1 aliphatic rings. The zero-order valence-electron chi connectivity index (χ0n) is 13.4. The van der Waals surface area contributed by atoms with Gasteiger partial charge in [-0.15, -0.1) is 0 Å². The predicted octanol–water partition coefficient (Wildman–Crippen LogP) is 2.48. The van der Waals surface area contributed by atoms with E-state index in [1.165, 1.54) is 12.0 Å². The lowest BCUT2D eigenvalue weighted by Crippen LogP contribution is -2.38. The minimum Gasteiger partial charge on any atom is -0.497 e. The minimum atomic E-state index is 0.392. The van der Waals surface area contributed by atoms with Crippen molar-refractivity contribution in [3.05, 3.63) is 29.3 Å². The van der Waals surface area contributed by atoms with Gasteiger partial charge in [0.2, 0.25) is 0 Å². The van der Waals surface area contributed by atoms with E-state index >= 15 is 0 Å². The second-order valence-corrected chi connectivity index (χ2v) is 6.17. The Labute approximate surface area is 128 Å². The third-order valence-electron chi connectivity index (χ3n) is 3.98. The summed E-state index contributed by atoms with van der Waals surface area (Å²) in [6.45, 7) is 8.31. The topological polar surface area (TPSA) is 38.5 Å². The standard InChI is InChI=1S/C18H26N2O/c1-14-9-15(2)12-20(11-14)13-17-10-18(21-3)7-6-16(17)5-4-8-19/h6-7,10,14-15H,8-9,11-13,19H2,1-3H3. The Morgan fingerprint density at radius 1 is 1.29 bits per heavy atom. The van der Waals surface area contributed by atoms with E-state index in [2.05, 4.69) is 36.7 Å². The highest BCUT2D eigenvalue weighted by Crippen LogP contribution is 2.25. The number of hydrogen-bond donors (Lipinski definition) is 1. The van der Waals surface area contributed by atoms with Gasteiger partial charge in [-0.2, -0.15) is 0 Å². The molecule has 1 aromatic carbocycles. The molecule has 2 unspecified atom stereocenters. The molecular formula is C18H26N2O. The molecule has 0 amide bonds. The number of nitrogens with zero attached hydrogens (tertiary/aromatic N) is 1. The lowest BCUT2D eigenvalue weighted by Gasteiger charge is -2.35. The van der Waals surface area contributed by atoms with Crippen molar-refractivity contribution >= 4 is 0 Å². The molecular weight excluding hydrogens is 260 g/mol. The Hall–Kier alpha value is -1.50. The summed E-state index contributed by atoms with van der Waals surface area (Å²) in [6, 6.07) is 6.10. The first-order valence-corrected chi connectivity index (χ1v) is 7.70. The van der Waals surface area contributed by atoms with Crippen molar-refractivity contribution in [2.45, 2.75) is 26.8 Å². The normalized spacial score (nSPS) is 22.5. The summed E-state index contributed by atoms with van der Waals surface area (Å²) in [5.41, 5.74) is 7.79. The number of nitrogens with two attached hydrogens (primary N) is 1. The van der Waals surface area contributed by atoms with E-state index in [9.17, 15) is 0 Å². The maximum absolute atomic E-state index is 5.49. The lowest BCUT2D eigenvalue weighted by atomic mass is 9.91. The minimum absolute atomic E-state index is 0.392. The van der Waals surface area contributed by atoms with Gasteiger partial charge in [-0.05, 0) is 42.0 Å². The summed E-state index contributed by atoms with van der Waals surface area (Å²) in [6.07, 6.45) is 1.33. The van der Waals surface area contributed by atoms with Crippen molar-refractivity contribution in [3.8, 4) is 17.6 Å². The van der Waals surface area contributed by atoms with Gasteiger partial charge in [-0.25, -0.2) is 0 Å². The lowest BCUT2D eigenvalue weighted by molar-refractivity contribution is 0.134. The van der Waals surface area contributed by atoms with Crippen LogP contribution in [0.3, 0.4) is 0 Å². The van der Waals surface area contributed by atoms with Crippen molar-refractivity contribution in [1.29, 1.82) is 0 Å². The van der Waals surface area contributed by atoms with Gasteiger partial charge < -0.3 is 10.5 Å². The van der Waals surface area contributed by atoms with Gasteiger partial charge in [0.1, 0.15) is 5.75 Å². The first-order valence-electron chi connectivity index (χ1n) is 7.70. The molecule has 1 heterocycles. The molecule has 3 heteroatoms. The predicted molar refractivity (Wildman–Crippen MR) is 87.1 cm³/mol. The molecule has 1 aromatic rings. The van der Waals surface area contributed by atoms with E-state index in [4.69, 9.17) is 10.5 Å². The molecule has 2 N–H and O–H groups in total. The second kappa shape index (κ2) is 7.49. The number of hydrogen-bond acceptors (Lipinski definition) is 3. The molecule has 0 aliphatic carbocycles. The fourth-order valence-corrected chi connectivity index (χ4v) is 3.26. The van der Waals surface area contributed by atoms with Gasteiger partial charge in [0.15, 0.2) is 0 Å². The fourth-order valence-electron chi connectivity index (χ4n) is 3.26. The van der Waals surface area contributed by atoms with Gasteiger partial charge in [-0.3, -0.25) is 4.90 Å². The van der Waals surface area contributed by atoms with E-state index in [1.54, 1.807) is 7.11 Å². The molecule has 114 valence electrons. The van der Waals surface area contributed by atoms with Gasteiger partial charge in [0.25, 0.3) is 0 Å². The Balaban J connectivity index is 2.20. The molecule has 1 saturated heterocycles. The number of benzene rings is 1. The van der Waals surface area contributed by atoms with Crippen LogP contribution in [0.4, 0.5) is 0 Å². The number of rotatable bonds is 3. The van der Waals surface area contributed by atoms with Crippen molar-refractivity contribution in [1.82, 2.24) is 4.90 Å². The van der Waals surface area contributed by atoms with Crippen LogP contribution in [-0.2, 0) is 6.54 Å². The molecule has 0 bridgehead atoms. The zero-order chi connectivity index (χ0) is 15.2. The molecule has 1 fully saturated rings. The maximum Gasteiger partial charge on any atom is 0.119 e. The Morgan fingerprint density at radius 3 is 2.62 bits per heavy atom. The van der Waals surface area contributed by atoms with Crippen LogP contribution in [0.5, 0.6) is 5.75 Å². The van der Waals surface area contributed by atoms with Gasteiger partial charge in [-0.1, -0.05) is 25.7 Å². The Morgan fingerprint density at radius 2 is 2.00 bits per heavy atom. The molecule has 2 atom stereocenters. The van der Waals surface area contributed by atoms with E-state index in [1.807, 2.05) is 12.1 Å². The first-order chi connectivity index (χ1) is 10.1. The summed E-state index contributed by atoms with van der Waals surface area (Å²) in [7, 11) is 1.70. The van der Waals surface area contributed by atoms with Crippen LogP contribution in [0, 0.1) is 23.7 Å². The summed E-state index contributed by atoms with van der Waals surface area (Å²) >= 11 is 0. The number of piperidine rings is 1. The van der Waals surface area contributed by atoms with Crippen LogP contribution >= 0.6 is 0 Å². The van der Waals surface area contributed by atoms with Gasteiger partial charge >= 0.3 is 0 Å². The van der Waals surface area contributed by atoms with Gasteiger partial charge in [0.05, 0.1) is 13.7 Å². The smallest absolute Gasteiger partial charge is 0.119 e. The molecule has 0 aromatic heterocycles. The highest BCUT2D eigenvalue weighted by atomic mass is 16.5. The summed E-state index contributed by atoms with van der Waals surface area (Å²) in [5, 5.41) is 0. The fraction of sp³-hybridized carbons (Fsp3) is 0.556. The third kappa shape index (κ3) is 4.49. The first kappa shape index (κ1) is 15.9. The highest BCUT2D eigenvalue weighted by molar-refractivity contribution is 5.45. The molecule has 21 heavy (non-hydrogen) atoms. The van der Waals surface area contributed by atoms with E-state index in [-0.39, 0.29) is 0 Å². The highest BCUT2D eigenvalue weighted by Gasteiger charge is 2.22. The van der Waals surface area contributed by atoms with Crippen LogP contribution in [0.25, 0.3) is 0 Å². The van der Waals surface area contributed by atoms with E-state index in [0.29, 0.717) is 6.54 Å². The molecule has 0 radical (unpaired) electrons. The number of ether oxygens (including phenoxy) is 1. The monoisotopic (exact) mass is 286 g/mol. The molecule has 0 spiro atoms. The summed E-state index contributed by atoms with van der Waals surface area (Å²) < 4.78 is 5.35. The average molecular weight is 286 g/mol. The van der Waals surface area contributed by atoms with Crippen molar-refractivity contribution in [3.63, 3.8) is 0 Å². The Bertz CT molecular complexity index is 520. The van der Waals surface area contributed by atoms with Crippen LogP contribution in [0.1, 0.15) is 31.4 Å². The van der Waals surface area contributed by atoms with Crippen molar-refractivity contribution < 1.29 is 4.74 Å². The van der Waals surface area contributed by atoms with E-state index < -0.39 is 0 Å². The molecule has 3 nitrogen and oxygen atoms in total. The quantitative estimate of drug-likeness (QED) is 0.868. The maximum atomic E-state index is 5.49. The van der Waals surface area contributed by atoms with Gasteiger partial charge in [0, 0.05) is 25.2 Å². The van der Waals surface area contributed by atoms with Crippen LogP contribution in [-0.4, -0.2) is 31.6 Å². The summed E-state index contributed by atoms with van der Waals surface area (Å²) in [5.74, 6) is 8.55. The molecule has 2 rings (SSSR count).